The van der Waals surface area contributed by atoms with Crippen molar-refractivity contribution in [2.24, 2.45) is 0 Å². The highest BCUT2D eigenvalue weighted by molar-refractivity contribution is 7.80. The van der Waals surface area contributed by atoms with Gasteiger partial charge in [-0.3, -0.25) is 4.79 Å². The molecule has 0 saturated heterocycles. The highest BCUT2D eigenvalue weighted by Crippen LogP contribution is 2.04. The molecule has 1 aliphatic rings. The quantitative estimate of drug-likeness (QED) is 0.507. The van der Waals surface area contributed by atoms with Crippen molar-refractivity contribution in [2.45, 2.75) is 6.42 Å². The van der Waals surface area contributed by atoms with E-state index >= 15 is 0 Å². The molecule has 0 unspecified atom stereocenters. The highest BCUT2D eigenvalue weighted by Gasteiger charge is 1.98. The lowest BCUT2D eigenvalue weighted by atomic mass is 10.1. The standard InChI is InChI=1S/C7H5OS/c8-5-6-2-1-3-7(9)4-6/h1-2,4H,3H2. The Labute approximate surface area is 59.1 Å². The van der Waals surface area contributed by atoms with Crippen LogP contribution in [-0.2, 0) is 4.79 Å². The lowest BCUT2D eigenvalue weighted by Gasteiger charge is -1.97. The van der Waals surface area contributed by atoms with Gasteiger partial charge in [-0.05, 0) is 6.08 Å². The maximum Gasteiger partial charge on any atom is 0.233 e. The van der Waals surface area contributed by atoms with Gasteiger partial charge in [0.05, 0.1) is 0 Å². The number of hydrogen-bond acceptors (Lipinski definition) is 2. The summed E-state index contributed by atoms with van der Waals surface area (Å²) in [5, 5.41) is 0. The molecule has 1 aliphatic carbocycles. The normalized spacial score (nSPS) is 17.3. The van der Waals surface area contributed by atoms with Crippen molar-refractivity contribution in [1.29, 1.82) is 0 Å². The number of hydrogen-bond donors (Lipinski definition) is 0. The lowest BCUT2D eigenvalue weighted by Crippen LogP contribution is -1.94. The highest BCUT2D eigenvalue weighted by atomic mass is 32.1. The minimum absolute atomic E-state index is 0.547. The molecule has 9 heavy (non-hydrogen) atoms. The Morgan fingerprint density at radius 3 is 2.89 bits per heavy atom. The van der Waals surface area contributed by atoms with Crippen LogP contribution < -0.4 is 0 Å². The summed E-state index contributed by atoms with van der Waals surface area (Å²) in [6.07, 6.45) is 7.81. The number of carbonyl (C=O) groups excluding carboxylic acids is 1. The molecule has 0 saturated carbocycles. The van der Waals surface area contributed by atoms with E-state index in [1.807, 2.05) is 6.08 Å². The molecular weight excluding hydrogens is 132 g/mol. The van der Waals surface area contributed by atoms with E-state index < -0.39 is 0 Å². The molecule has 0 fully saturated rings. The Morgan fingerprint density at radius 1 is 1.67 bits per heavy atom. The van der Waals surface area contributed by atoms with Crippen LogP contribution in [0.25, 0.3) is 0 Å². The van der Waals surface area contributed by atoms with Crippen molar-refractivity contribution >= 4 is 23.4 Å². The van der Waals surface area contributed by atoms with Crippen LogP contribution in [0.3, 0.4) is 0 Å². The third kappa shape index (κ3) is 1.57. The molecule has 1 rings (SSSR count). The second kappa shape index (κ2) is 2.69. The first-order valence-electron chi connectivity index (χ1n) is 2.62. The first kappa shape index (κ1) is 6.36. The van der Waals surface area contributed by atoms with E-state index in [4.69, 9.17) is 12.2 Å². The van der Waals surface area contributed by atoms with E-state index in [0.29, 0.717) is 5.57 Å². The van der Waals surface area contributed by atoms with E-state index in [-0.39, 0.29) is 0 Å². The third-order valence-electron chi connectivity index (χ3n) is 1.05. The third-order valence-corrected chi connectivity index (χ3v) is 1.34. The van der Waals surface area contributed by atoms with Crippen molar-refractivity contribution in [3.05, 3.63) is 23.8 Å². The van der Waals surface area contributed by atoms with Crippen LogP contribution in [0.15, 0.2) is 23.8 Å². The van der Waals surface area contributed by atoms with Gasteiger partial charge in [0.1, 0.15) is 0 Å². The summed E-state index contributed by atoms with van der Waals surface area (Å²) in [5.41, 5.74) is 0.547. The second-order valence-electron chi connectivity index (χ2n) is 1.77. The SMILES string of the molecule is O=[C]C1=CC(=S)CC=C1. The van der Waals surface area contributed by atoms with Crippen molar-refractivity contribution in [2.75, 3.05) is 0 Å². The summed E-state index contributed by atoms with van der Waals surface area (Å²) in [7, 11) is 0. The Hall–Kier alpha value is -0.760. The molecule has 0 spiro atoms. The fourth-order valence-corrected chi connectivity index (χ4v) is 0.869. The Balaban J connectivity index is 2.82. The summed E-state index contributed by atoms with van der Waals surface area (Å²) in [6.45, 7) is 0. The van der Waals surface area contributed by atoms with Gasteiger partial charge in [0, 0.05) is 16.9 Å². The van der Waals surface area contributed by atoms with Crippen LogP contribution in [0.5, 0.6) is 0 Å². The van der Waals surface area contributed by atoms with Gasteiger partial charge in [0.15, 0.2) is 0 Å². The smallest absolute Gasteiger partial charge is 0.233 e. The van der Waals surface area contributed by atoms with Gasteiger partial charge in [-0.1, -0.05) is 24.4 Å². The monoisotopic (exact) mass is 137 g/mol. The summed E-state index contributed by atoms with van der Waals surface area (Å²) < 4.78 is 0. The van der Waals surface area contributed by atoms with E-state index in [1.165, 1.54) is 0 Å². The number of rotatable bonds is 1. The minimum atomic E-state index is 0.547. The zero-order valence-corrected chi connectivity index (χ0v) is 5.57. The molecule has 0 heterocycles. The topological polar surface area (TPSA) is 17.1 Å². The van der Waals surface area contributed by atoms with Crippen molar-refractivity contribution < 1.29 is 4.79 Å². The molecule has 2 heteroatoms. The molecule has 1 nitrogen and oxygen atoms in total. The molecule has 45 valence electrons. The fraction of sp³-hybridized carbons (Fsp3) is 0.143. The number of allylic oxidation sites excluding steroid dienone is 4. The van der Waals surface area contributed by atoms with Crippen LogP contribution in [0.4, 0.5) is 0 Å². The molecule has 0 bridgehead atoms. The predicted molar refractivity (Wildman–Crippen MR) is 40.1 cm³/mol. The van der Waals surface area contributed by atoms with Crippen molar-refractivity contribution in [3.8, 4) is 0 Å². The Kier molecular flexibility index (Phi) is 1.90. The lowest BCUT2D eigenvalue weighted by molar-refractivity contribution is 0.562. The van der Waals surface area contributed by atoms with Gasteiger partial charge in [-0.15, -0.1) is 0 Å². The van der Waals surface area contributed by atoms with Crippen LogP contribution in [0, 0.1) is 0 Å². The average Bonchev–Trinajstić information content (AvgIpc) is 1.88. The van der Waals surface area contributed by atoms with Crippen LogP contribution in [-0.4, -0.2) is 11.2 Å². The molecule has 0 aliphatic heterocycles. The molecule has 0 aromatic carbocycles. The van der Waals surface area contributed by atoms with Gasteiger partial charge < -0.3 is 0 Å². The molecule has 1 radical (unpaired) electrons. The Bertz CT molecular complexity index is 201. The zero-order chi connectivity index (χ0) is 6.69. The summed E-state index contributed by atoms with van der Waals surface area (Å²) >= 11 is 4.84. The first-order valence-corrected chi connectivity index (χ1v) is 3.03. The van der Waals surface area contributed by atoms with Crippen LogP contribution >= 0.6 is 12.2 Å². The summed E-state index contributed by atoms with van der Waals surface area (Å²) in [5.74, 6) is 0. The molecule has 0 atom stereocenters. The molecule has 0 N–H and O–H groups in total. The first-order chi connectivity index (χ1) is 4.33. The van der Waals surface area contributed by atoms with Crippen molar-refractivity contribution in [3.63, 3.8) is 0 Å². The average molecular weight is 137 g/mol. The van der Waals surface area contributed by atoms with Gasteiger partial charge in [-0.25, -0.2) is 0 Å². The maximum absolute atomic E-state index is 10.0. The van der Waals surface area contributed by atoms with E-state index in [1.54, 1.807) is 18.4 Å². The zero-order valence-electron chi connectivity index (χ0n) is 4.76. The molecular formula is C7H5OS. The number of thiocarbonyl (C=S) groups is 1. The second-order valence-corrected chi connectivity index (χ2v) is 2.30. The predicted octanol–water partition coefficient (Wildman–Crippen LogP) is 1.35. The van der Waals surface area contributed by atoms with Gasteiger partial charge in [0.2, 0.25) is 6.29 Å². The molecule has 0 aromatic rings. The van der Waals surface area contributed by atoms with Gasteiger partial charge in [0.25, 0.3) is 0 Å². The van der Waals surface area contributed by atoms with Crippen LogP contribution in [0.1, 0.15) is 6.42 Å². The van der Waals surface area contributed by atoms with Gasteiger partial charge in [-0.2, -0.15) is 0 Å². The fourth-order valence-electron chi connectivity index (χ4n) is 0.646. The van der Waals surface area contributed by atoms with Gasteiger partial charge >= 0.3 is 0 Å². The molecule has 0 amide bonds. The van der Waals surface area contributed by atoms with Crippen molar-refractivity contribution in [1.82, 2.24) is 0 Å². The molecule has 0 aromatic heterocycles. The van der Waals surface area contributed by atoms with E-state index in [2.05, 4.69) is 0 Å². The van der Waals surface area contributed by atoms with E-state index in [0.717, 1.165) is 11.3 Å². The minimum Gasteiger partial charge on any atom is -0.285 e. The Morgan fingerprint density at radius 2 is 2.44 bits per heavy atom. The van der Waals surface area contributed by atoms with Crippen LogP contribution in [0.2, 0.25) is 0 Å². The van der Waals surface area contributed by atoms with E-state index in [9.17, 15) is 4.79 Å². The largest absolute Gasteiger partial charge is 0.285 e. The summed E-state index contributed by atoms with van der Waals surface area (Å²) in [6, 6.07) is 0. The summed E-state index contributed by atoms with van der Waals surface area (Å²) in [4.78, 5) is 10.8. The maximum atomic E-state index is 10.0.